The van der Waals surface area contributed by atoms with Gasteiger partial charge in [-0.2, -0.15) is 13.2 Å². The van der Waals surface area contributed by atoms with Crippen molar-refractivity contribution in [1.29, 1.82) is 0 Å². The van der Waals surface area contributed by atoms with Gasteiger partial charge in [0.2, 0.25) is 10.0 Å². The molecule has 0 spiro atoms. The van der Waals surface area contributed by atoms with Gasteiger partial charge < -0.3 is 10.2 Å². The van der Waals surface area contributed by atoms with Gasteiger partial charge in [0.15, 0.2) is 0 Å². The Hall–Kier alpha value is -3.67. The highest BCUT2D eigenvalue weighted by molar-refractivity contribution is 7.92. The van der Waals surface area contributed by atoms with E-state index >= 15 is 0 Å². The van der Waals surface area contributed by atoms with Crippen LogP contribution in [0.15, 0.2) is 60.7 Å². The number of carbonyl (C=O) groups is 1. The number of aromatic nitrogens is 1. The average Bonchev–Trinajstić information content (AvgIpc) is 2.92. The van der Waals surface area contributed by atoms with Crippen molar-refractivity contribution in [2.75, 3.05) is 34.3 Å². The highest BCUT2D eigenvalue weighted by Gasteiger charge is 2.34. The normalized spacial score (nSPS) is 15.4. The lowest BCUT2D eigenvalue weighted by Gasteiger charge is -2.35. The minimum atomic E-state index is -4.60. The Morgan fingerprint density at radius 3 is 2.37 bits per heavy atom. The minimum absolute atomic E-state index is 0.0121. The quantitative estimate of drug-likeness (QED) is 0.281. The monoisotopic (exact) mass is 592 g/mol. The van der Waals surface area contributed by atoms with Crippen molar-refractivity contribution < 1.29 is 30.8 Å². The summed E-state index contributed by atoms with van der Waals surface area (Å²) >= 11 is 0. The largest absolute Gasteiger partial charge is 0.433 e. The van der Waals surface area contributed by atoms with Gasteiger partial charge in [0.25, 0.3) is 0 Å². The molecule has 7 nitrogen and oxygen atoms in total. The first-order valence-electron chi connectivity index (χ1n) is 13.2. The van der Waals surface area contributed by atoms with E-state index in [2.05, 4.69) is 15.0 Å². The average molecular weight is 593 g/mol. The molecule has 2 N–H and O–H groups in total. The number of rotatable bonds is 10. The van der Waals surface area contributed by atoms with Gasteiger partial charge in [-0.05, 0) is 60.7 Å². The standard InChI is InChI=1S/C29H32F4N4O3S/c1-19(21-8-11-25(24(30)18-21)36-41(2,39)40)26(38)12-9-20-10-13-27(29(31,32)33)35-28(20)37-16-14-23(15-17-37)34-22-6-4-3-5-7-22/h3-8,10-11,13,18-19,23,34,36H,9,12,14-17H2,1-2H3. The molecule has 12 heteroatoms. The zero-order valence-corrected chi connectivity index (χ0v) is 23.5. The van der Waals surface area contributed by atoms with Crippen molar-refractivity contribution in [1.82, 2.24) is 4.98 Å². The van der Waals surface area contributed by atoms with E-state index in [1.165, 1.54) is 18.2 Å². The van der Waals surface area contributed by atoms with Crippen molar-refractivity contribution in [2.45, 2.75) is 50.7 Å². The SMILES string of the molecule is CC(C(=O)CCc1ccc(C(F)(F)F)nc1N1CCC(Nc2ccccc2)CC1)c1ccc(NS(C)(=O)=O)c(F)c1. The molecule has 1 fully saturated rings. The maximum absolute atomic E-state index is 14.4. The second-order valence-electron chi connectivity index (χ2n) is 10.3. The van der Waals surface area contributed by atoms with E-state index in [9.17, 15) is 30.8 Å². The van der Waals surface area contributed by atoms with Gasteiger partial charge in [-0.3, -0.25) is 9.52 Å². The van der Waals surface area contributed by atoms with E-state index in [4.69, 9.17) is 0 Å². The summed E-state index contributed by atoms with van der Waals surface area (Å²) in [5.74, 6) is -1.53. The Morgan fingerprint density at radius 2 is 1.76 bits per heavy atom. The predicted molar refractivity (Wildman–Crippen MR) is 151 cm³/mol. The third-order valence-electron chi connectivity index (χ3n) is 7.10. The lowest BCUT2D eigenvalue weighted by molar-refractivity contribution is -0.141. The summed E-state index contributed by atoms with van der Waals surface area (Å²) in [5, 5.41) is 3.46. The number of para-hydroxylation sites is 1. The molecule has 0 bridgehead atoms. The Morgan fingerprint density at radius 1 is 1.07 bits per heavy atom. The third kappa shape index (κ3) is 8.18. The maximum Gasteiger partial charge on any atom is 0.433 e. The summed E-state index contributed by atoms with van der Waals surface area (Å²) in [6.07, 6.45) is -2.11. The van der Waals surface area contributed by atoms with Crippen LogP contribution < -0.4 is 14.9 Å². The van der Waals surface area contributed by atoms with Crippen LogP contribution in [0.5, 0.6) is 0 Å². The van der Waals surface area contributed by atoms with E-state index in [0.717, 1.165) is 24.1 Å². The van der Waals surface area contributed by atoms with Crippen LogP contribution in [0.1, 0.15) is 48.9 Å². The number of ketones is 1. The van der Waals surface area contributed by atoms with Gasteiger partial charge >= 0.3 is 6.18 Å². The van der Waals surface area contributed by atoms with E-state index in [1.54, 1.807) is 6.92 Å². The van der Waals surface area contributed by atoms with E-state index in [1.807, 2.05) is 35.2 Å². The molecule has 41 heavy (non-hydrogen) atoms. The first-order valence-corrected chi connectivity index (χ1v) is 15.1. The number of pyridine rings is 1. The molecule has 1 aromatic heterocycles. The van der Waals surface area contributed by atoms with Crippen LogP contribution in [0.2, 0.25) is 0 Å². The number of nitrogens with one attached hydrogen (secondary N) is 2. The fourth-order valence-electron chi connectivity index (χ4n) is 4.85. The molecule has 2 aromatic carbocycles. The minimum Gasteiger partial charge on any atom is -0.382 e. The Balaban J connectivity index is 1.45. The summed E-state index contributed by atoms with van der Waals surface area (Å²) < 4.78 is 79.9. The Bertz CT molecular complexity index is 1480. The van der Waals surface area contributed by atoms with E-state index < -0.39 is 33.6 Å². The molecule has 1 aliphatic heterocycles. The summed E-state index contributed by atoms with van der Waals surface area (Å²) in [6, 6.07) is 16.0. The molecule has 0 saturated carbocycles. The van der Waals surface area contributed by atoms with E-state index in [-0.39, 0.29) is 36.2 Å². The topological polar surface area (TPSA) is 91.4 Å². The van der Waals surface area contributed by atoms with Crippen molar-refractivity contribution >= 4 is 33.0 Å². The van der Waals surface area contributed by atoms with Gasteiger partial charge in [-0.15, -0.1) is 0 Å². The number of carbonyl (C=O) groups excluding carboxylic acids is 1. The van der Waals surface area contributed by atoms with E-state index in [0.29, 0.717) is 37.1 Å². The number of piperidine rings is 1. The molecule has 3 aromatic rings. The molecule has 1 atom stereocenters. The first kappa shape index (κ1) is 30.3. The molecule has 1 unspecified atom stereocenters. The molecule has 0 radical (unpaired) electrons. The number of hydrogen-bond donors (Lipinski definition) is 2. The van der Waals surface area contributed by atoms with Crippen LogP contribution in [0.4, 0.5) is 34.8 Å². The number of aryl methyl sites for hydroxylation is 1. The summed E-state index contributed by atoms with van der Waals surface area (Å²) in [4.78, 5) is 18.8. The second kappa shape index (κ2) is 12.5. The Kier molecular flexibility index (Phi) is 9.21. The number of hydrogen-bond acceptors (Lipinski definition) is 6. The molecule has 1 saturated heterocycles. The van der Waals surface area contributed by atoms with Crippen LogP contribution in [-0.2, 0) is 27.4 Å². The molecular formula is C29H32F4N4O3S. The fraction of sp³-hybridized carbons (Fsp3) is 0.379. The molecule has 0 aliphatic carbocycles. The number of anilines is 3. The van der Waals surface area contributed by atoms with Crippen molar-refractivity contribution in [3.63, 3.8) is 0 Å². The zero-order chi connectivity index (χ0) is 29.8. The van der Waals surface area contributed by atoms with Crippen molar-refractivity contribution in [3.05, 3.63) is 83.3 Å². The van der Waals surface area contributed by atoms with Crippen LogP contribution in [0, 0.1) is 5.82 Å². The lowest BCUT2D eigenvalue weighted by Crippen LogP contribution is -2.40. The summed E-state index contributed by atoms with van der Waals surface area (Å²) in [5.41, 5.74) is 0.674. The number of halogens is 4. The lowest BCUT2D eigenvalue weighted by atomic mass is 9.92. The zero-order valence-electron chi connectivity index (χ0n) is 22.7. The van der Waals surface area contributed by atoms with Gasteiger partial charge in [-0.25, -0.2) is 17.8 Å². The second-order valence-corrected chi connectivity index (χ2v) is 12.0. The Labute approximate surface area is 237 Å². The molecule has 220 valence electrons. The van der Waals surface area contributed by atoms with Crippen molar-refractivity contribution in [2.24, 2.45) is 0 Å². The van der Waals surface area contributed by atoms with Gasteiger partial charge in [0.1, 0.15) is 23.1 Å². The van der Waals surface area contributed by atoms with Crippen molar-refractivity contribution in [3.8, 4) is 0 Å². The number of sulfonamides is 1. The first-order chi connectivity index (χ1) is 19.3. The van der Waals surface area contributed by atoms with Crippen LogP contribution in [0.25, 0.3) is 0 Å². The number of alkyl halides is 3. The maximum atomic E-state index is 14.4. The molecule has 0 amide bonds. The summed E-state index contributed by atoms with van der Waals surface area (Å²) in [7, 11) is -3.67. The predicted octanol–water partition coefficient (Wildman–Crippen LogP) is 6.00. The smallest absolute Gasteiger partial charge is 0.382 e. The number of Topliss-reactive ketones (excluding diaryl/α,β-unsaturated/α-hetero) is 1. The molecule has 2 heterocycles. The van der Waals surface area contributed by atoms with Crippen LogP contribution >= 0.6 is 0 Å². The highest BCUT2D eigenvalue weighted by Crippen LogP contribution is 2.33. The number of nitrogens with zero attached hydrogens (tertiary/aromatic N) is 2. The fourth-order valence-corrected chi connectivity index (χ4v) is 5.42. The van der Waals surface area contributed by atoms with Crippen LogP contribution in [-0.4, -0.2) is 44.6 Å². The van der Waals surface area contributed by atoms with Gasteiger partial charge in [0.05, 0.1) is 11.9 Å². The molecular weight excluding hydrogens is 560 g/mol. The third-order valence-corrected chi connectivity index (χ3v) is 7.69. The van der Waals surface area contributed by atoms with Gasteiger partial charge in [0, 0.05) is 37.2 Å². The molecule has 4 rings (SSSR count). The highest BCUT2D eigenvalue weighted by atomic mass is 32.2. The number of benzene rings is 2. The van der Waals surface area contributed by atoms with Gasteiger partial charge in [-0.1, -0.05) is 37.3 Å². The summed E-state index contributed by atoms with van der Waals surface area (Å²) in [6.45, 7) is 2.61. The van der Waals surface area contributed by atoms with Crippen LogP contribution in [0.3, 0.4) is 0 Å². The molecule has 1 aliphatic rings.